The maximum Gasteiger partial charge on any atom is 0.234 e. The van der Waals surface area contributed by atoms with Crippen molar-refractivity contribution in [1.29, 1.82) is 0 Å². The number of nitrogens with one attached hydrogen (secondary N) is 2. The van der Waals surface area contributed by atoms with Gasteiger partial charge in [-0.15, -0.1) is 0 Å². The molecule has 2 N–H and O–H groups in total. The van der Waals surface area contributed by atoms with Crippen LogP contribution in [0.3, 0.4) is 0 Å². The third kappa shape index (κ3) is 7.37. The van der Waals surface area contributed by atoms with Gasteiger partial charge in [-0.2, -0.15) is 0 Å². The number of hydrogen-bond acceptors (Lipinski definition) is 2. The second kappa shape index (κ2) is 7.00. The Hall–Kier alpha value is -0.570. The van der Waals surface area contributed by atoms with E-state index >= 15 is 0 Å². The number of hydrogen-bond donors (Lipinski definition) is 2. The van der Waals surface area contributed by atoms with E-state index in [0.717, 1.165) is 12.8 Å². The van der Waals surface area contributed by atoms with Crippen LogP contribution in [0.4, 0.5) is 0 Å². The third-order valence-electron chi connectivity index (χ3n) is 3.25. The Bertz CT molecular complexity index is 225. The molecule has 0 aromatic carbocycles. The Balaban J connectivity index is 2.23. The van der Waals surface area contributed by atoms with E-state index in [0.29, 0.717) is 12.6 Å². The van der Waals surface area contributed by atoms with E-state index in [1.807, 2.05) is 0 Å². The molecule has 0 unspecified atom stereocenters. The second-order valence-electron chi connectivity index (χ2n) is 6.21. The van der Waals surface area contributed by atoms with E-state index in [-0.39, 0.29) is 11.4 Å². The van der Waals surface area contributed by atoms with Crippen molar-refractivity contribution in [1.82, 2.24) is 10.6 Å². The molecule has 0 aromatic rings. The van der Waals surface area contributed by atoms with Gasteiger partial charge in [0.1, 0.15) is 0 Å². The van der Waals surface area contributed by atoms with Gasteiger partial charge in [0.05, 0.1) is 6.54 Å². The van der Waals surface area contributed by atoms with E-state index < -0.39 is 0 Å². The lowest BCUT2D eigenvalue weighted by molar-refractivity contribution is -0.121. The first-order valence-corrected chi connectivity index (χ1v) is 7.02. The van der Waals surface area contributed by atoms with Crippen LogP contribution >= 0.6 is 0 Å². The predicted molar refractivity (Wildman–Crippen MR) is 72.0 cm³/mol. The van der Waals surface area contributed by atoms with Gasteiger partial charge in [0, 0.05) is 11.6 Å². The maximum absolute atomic E-state index is 11.8. The van der Waals surface area contributed by atoms with Crippen LogP contribution < -0.4 is 10.6 Å². The fourth-order valence-corrected chi connectivity index (χ4v) is 2.22. The summed E-state index contributed by atoms with van der Waals surface area (Å²) in [6.45, 7) is 6.67. The average molecular weight is 240 g/mol. The first kappa shape index (κ1) is 14.5. The topological polar surface area (TPSA) is 41.1 Å². The van der Waals surface area contributed by atoms with E-state index in [1.165, 1.54) is 32.1 Å². The van der Waals surface area contributed by atoms with Gasteiger partial charge >= 0.3 is 0 Å². The summed E-state index contributed by atoms with van der Waals surface area (Å²) in [5.41, 5.74) is 0.0122. The summed E-state index contributed by atoms with van der Waals surface area (Å²) in [6, 6.07) is 0.407. The van der Waals surface area contributed by atoms with E-state index in [4.69, 9.17) is 0 Å². The highest BCUT2D eigenvalue weighted by Crippen LogP contribution is 2.16. The molecule has 1 saturated carbocycles. The Kier molecular flexibility index (Phi) is 5.96. The van der Waals surface area contributed by atoms with E-state index in [1.54, 1.807) is 0 Å². The number of carbonyl (C=O) groups excluding carboxylic acids is 1. The molecule has 0 radical (unpaired) electrons. The molecule has 0 aliphatic heterocycles. The van der Waals surface area contributed by atoms with E-state index in [2.05, 4.69) is 31.4 Å². The van der Waals surface area contributed by atoms with Gasteiger partial charge in [-0.1, -0.05) is 32.1 Å². The zero-order valence-corrected chi connectivity index (χ0v) is 11.6. The highest BCUT2D eigenvalue weighted by atomic mass is 16.2. The van der Waals surface area contributed by atoms with Crippen LogP contribution in [0.5, 0.6) is 0 Å². The summed E-state index contributed by atoms with van der Waals surface area (Å²) >= 11 is 0. The minimum atomic E-state index is 0.0122. The monoisotopic (exact) mass is 240 g/mol. The lowest BCUT2D eigenvalue weighted by Crippen LogP contribution is -2.46. The van der Waals surface area contributed by atoms with Crippen LogP contribution in [-0.2, 0) is 4.79 Å². The summed E-state index contributed by atoms with van der Waals surface area (Å²) in [4.78, 5) is 11.8. The normalized spacial score (nSPS) is 19.5. The van der Waals surface area contributed by atoms with Crippen molar-refractivity contribution < 1.29 is 4.79 Å². The molecule has 17 heavy (non-hydrogen) atoms. The Morgan fingerprint density at radius 3 is 2.12 bits per heavy atom. The highest BCUT2D eigenvalue weighted by molar-refractivity contribution is 5.78. The molecule has 1 fully saturated rings. The molecule has 0 bridgehead atoms. The predicted octanol–water partition coefficient (Wildman–Crippen LogP) is 2.60. The quantitative estimate of drug-likeness (QED) is 0.796. The van der Waals surface area contributed by atoms with Gasteiger partial charge in [0.25, 0.3) is 0 Å². The van der Waals surface area contributed by atoms with Crippen molar-refractivity contribution >= 4 is 5.91 Å². The highest BCUT2D eigenvalue weighted by Gasteiger charge is 2.15. The van der Waals surface area contributed by atoms with Crippen molar-refractivity contribution in [2.75, 3.05) is 6.54 Å². The van der Waals surface area contributed by atoms with Crippen LogP contribution in [0, 0.1) is 0 Å². The molecule has 1 rings (SSSR count). The van der Waals surface area contributed by atoms with Crippen LogP contribution in [0.1, 0.15) is 65.7 Å². The smallest absolute Gasteiger partial charge is 0.234 e. The Morgan fingerprint density at radius 1 is 1.06 bits per heavy atom. The first-order valence-electron chi connectivity index (χ1n) is 7.02. The standard InChI is InChI=1S/C14H28N2O/c1-14(2,3)15-11-13(17)16-12-9-7-5-4-6-8-10-12/h12,15H,4-11H2,1-3H3,(H,16,17). The molecule has 0 aromatic heterocycles. The molecule has 1 aliphatic carbocycles. The van der Waals surface area contributed by atoms with Crippen molar-refractivity contribution in [3.63, 3.8) is 0 Å². The second-order valence-corrected chi connectivity index (χ2v) is 6.21. The van der Waals surface area contributed by atoms with Gasteiger partial charge in [0.15, 0.2) is 0 Å². The third-order valence-corrected chi connectivity index (χ3v) is 3.25. The van der Waals surface area contributed by atoms with Crippen LogP contribution in [0.2, 0.25) is 0 Å². The van der Waals surface area contributed by atoms with Crippen molar-refractivity contribution in [2.24, 2.45) is 0 Å². The number of rotatable bonds is 3. The van der Waals surface area contributed by atoms with Crippen molar-refractivity contribution in [2.45, 2.75) is 77.3 Å². The fraction of sp³-hybridized carbons (Fsp3) is 0.929. The Labute approximate surface area is 106 Å². The molecule has 100 valence electrons. The van der Waals surface area contributed by atoms with E-state index in [9.17, 15) is 4.79 Å². The minimum Gasteiger partial charge on any atom is -0.352 e. The SMILES string of the molecule is CC(C)(C)NCC(=O)NC1CCCCCCC1. The maximum atomic E-state index is 11.8. The first-order chi connectivity index (χ1) is 7.97. The number of amides is 1. The molecule has 3 heteroatoms. The van der Waals surface area contributed by atoms with Gasteiger partial charge in [-0.05, 0) is 33.6 Å². The van der Waals surface area contributed by atoms with Gasteiger partial charge < -0.3 is 10.6 Å². The molecular formula is C14H28N2O. The molecule has 0 spiro atoms. The van der Waals surface area contributed by atoms with Crippen LogP contribution in [-0.4, -0.2) is 24.0 Å². The van der Waals surface area contributed by atoms with Gasteiger partial charge in [0.2, 0.25) is 5.91 Å². The molecular weight excluding hydrogens is 212 g/mol. The van der Waals surface area contributed by atoms with Crippen molar-refractivity contribution in [3.05, 3.63) is 0 Å². The van der Waals surface area contributed by atoms with Gasteiger partial charge in [-0.25, -0.2) is 0 Å². The summed E-state index contributed by atoms with van der Waals surface area (Å²) in [7, 11) is 0. The summed E-state index contributed by atoms with van der Waals surface area (Å²) in [5.74, 6) is 0.144. The van der Waals surface area contributed by atoms with Crippen molar-refractivity contribution in [3.8, 4) is 0 Å². The fourth-order valence-electron chi connectivity index (χ4n) is 2.22. The summed E-state index contributed by atoms with van der Waals surface area (Å²) in [5, 5.41) is 6.38. The minimum absolute atomic E-state index is 0.0122. The average Bonchev–Trinajstić information content (AvgIpc) is 2.18. The largest absolute Gasteiger partial charge is 0.352 e. The molecule has 0 atom stereocenters. The zero-order chi connectivity index (χ0) is 12.7. The molecule has 1 amide bonds. The summed E-state index contributed by atoms with van der Waals surface area (Å²) in [6.07, 6.45) is 8.85. The lowest BCUT2D eigenvalue weighted by atomic mass is 9.97. The van der Waals surface area contributed by atoms with Gasteiger partial charge in [-0.3, -0.25) is 4.79 Å². The molecule has 0 heterocycles. The zero-order valence-electron chi connectivity index (χ0n) is 11.6. The Morgan fingerprint density at radius 2 is 1.59 bits per heavy atom. The van der Waals surface area contributed by atoms with Crippen LogP contribution in [0.25, 0.3) is 0 Å². The summed E-state index contributed by atoms with van der Waals surface area (Å²) < 4.78 is 0. The molecule has 0 saturated heterocycles. The van der Waals surface area contributed by atoms with Crippen LogP contribution in [0.15, 0.2) is 0 Å². The number of carbonyl (C=O) groups is 1. The molecule has 3 nitrogen and oxygen atoms in total. The molecule has 1 aliphatic rings. The lowest BCUT2D eigenvalue weighted by Gasteiger charge is -2.23.